The van der Waals surface area contributed by atoms with Gasteiger partial charge in [0.05, 0.1) is 10.5 Å². The fraction of sp³-hybridized carbons (Fsp3) is 0.308. The Bertz CT molecular complexity index is 910. The molecule has 25 heavy (non-hydrogen) atoms. The van der Waals surface area contributed by atoms with Crippen LogP contribution in [0.15, 0.2) is 21.4 Å². The number of amides is 1. The number of halogens is 3. The molecular formula is C13H12F3N3NaO4S. The van der Waals surface area contributed by atoms with E-state index in [-0.39, 0.29) is 52.6 Å². The summed E-state index contributed by atoms with van der Waals surface area (Å²) >= 11 is 0. The summed E-state index contributed by atoms with van der Waals surface area (Å²) in [6.45, 7) is 2.60. The van der Waals surface area contributed by atoms with Gasteiger partial charge in [-0.25, -0.2) is 8.42 Å². The molecule has 0 saturated heterocycles. The topological polar surface area (TPSA) is 102 Å². The molecule has 0 aliphatic carbocycles. The van der Waals surface area contributed by atoms with Crippen LogP contribution in [-0.2, 0) is 16.0 Å². The minimum atomic E-state index is -4.87. The normalized spacial score (nSPS) is 11.8. The van der Waals surface area contributed by atoms with Gasteiger partial charge in [0.15, 0.2) is 9.84 Å². The van der Waals surface area contributed by atoms with Crippen LogP contribution in [0.3, 0.4) is 0 Å². The molecule has 1 radical (unpaired) electrons. The molecule has 1 aromatic carbocycles. The van der Waals surface area contributed by atoms with E-state index < -0.39 is 32.4 Å². The van der Waals surface area contributed by atoms with Gasteiger partial charge < -0.3 is 4.42 Å². The first-order valence-corrected chi connectivity index (χ1v) is 8.32. The summed E-state index contributed by atoms with van der Waals surface area (Å²) in [5.41, 5.74) is -1.90. The van der Waals surface area contributed by atoms with E-state index >= 15 is 0 Å². The number of sulfone groups is 1. The Labute approximate surface area is 163 Å². The fourth-order valence-electron chi connectivity index (χ4n) is 2.15. The molecular weight excluding hydrogens is 374 g/mol. The van der Waals surface area contributed by atoms with Crippen molar-refractivity contribution in [2.75, 3.05) is 11.6 Å². The maximum Gasteiger partial charge on any atom is 0.417 e. The average Bonchev–Trinajstić information content (AvgIpc) is 2.80. The van der Waals surface area contributed by atoms with Crippen molar-refractivity contribution in [1.29, 1.82) is 0 Å². The Hall–Kier alpha value is -1.43. The third kappa shape index (κ3) is 4.81. The van der Waals surface area contributed by atoms with Crippen LogP contribution in [0.1, 0.15) is 27.4 Å². The molecule has 1 aromatic heterocycles. The van der Waals surface area contributed by atoms with Gasteiger partial charge in [-0.1, -0.05) is 5.10 Å². The van der Waals surface area contributed by atoms with Gasteiger partial charge in [0.1, 0.15) is 0 Å². The van der Waals surface area contributed by atoms with Crippen LogP contribution in [0.5, 0.6) is 0 Å². The number of benzene rings is 1. The zero-order chi connectivity index (χ0) is 18.3. The summed E-state index contributed by atoms with van der Waals surface area (Å²) in [5, 5.41) is 9.21. The Morgan fingerprint density at radius 3 is 2.24 bits per heavy atom. The molecule has 1 N–H and O–H groups in total. The van der Waals surface area contributed by atoms with Crippen LogP contribution >= 0.6 is 0 Å². The molecule has 0 fully saturated rings. The molecule has 7 nitrogen and oxygen atoms in total. The summed E-state index contributed by atoms with van der Waals surface area (Å²) in [7, 11) is -4.22. The van der Waals surface area contributed by atoms with Crippen molar-refractivity contribution in [3.05, 3.63) is 34.7 Å². The van der Waals surface area contributed by atoms with E-state index in [0.29, 0.717) is 12.3 Å². The van der Waals surface area contributed by atoms with Gasteiger partial charge >= 0.3 is 12.2 Å². The Morgan fingerprint density at radius 1 is 1.20 bits per heavy atom. The number of hydrogen-bond acceptors (Lipinski definition) is 6. The number of carbonyl (C=O) groups is 1. The first-order chi connectivity index (χ1) is 10.9. The molecule has 0 unspecified atom stereocenters. The average molecular weight is 386 g/mol. The maximum atomic E-state index is 13.0. The second-order valence-electron chi connectivity index (χ2n) is 4.97. The van der Waals surface area contributed by atoms with Crippen molar-refractivity contribution in [3.63, 3.8) is 0 Å². The van der Waals surface area contributed by atoms with Crippen molar-refractivity contribution in [2.24, 2.45) is 0 Å². The van der Waals surface area contributed by atoms with Crippen molar-refractivity contribution in [2.45, 2.75) is 24.9 Å². The monoisotopic (exact) mass is 386 g/mol. The van der Waals surface area contributed by atoms with Gasteiger partial charge in [-0.3, -0.25) is 10.1 Å². The third-order valence-corrected chi connectivity index (χ3v) is 4.34. The number of aryl methyl sites for hydroxylation is 1. The summed E-state index contributed by atoms with van der Waals surface area (Å²) in [6.07, 6.45) is -4.23. The Morgan fingerprint density at radius 2 is 1.80 bits per heavy atom. The molecule has 12 heteroatoms. The molecule has 1 amide bonds. The van der Waals surface area contributed by atoms with Gasteiger partial charge in [0.2, 0.25) is 5.89 Å². The number of aromatic nitrogens is 2. The first kappa shape index (κ1) is 21.6. The van der Waals surface area contributed by atoms with Crippen molar-refractivity contribution in [3.8, 4) is 0 Å². The van der Waals surface area contributed by atoms with Crippen molar-refractivity contribution >= 4 is 51.3 Å². The SMILES string of the molecule is Cc1nnc(NC(=O)c2ccc(C(F)(F)F)c(S(C)(=O)=O)c2C)o1.[Na]. The van der Waals surface area contributed by atoms with E-state index in [9.17, 15) is 26.4 Å². The quantitative estimate of drug-likeness (QED) is 0.810. The van der Waals surface area contributed by atoms with Gasteiger partial charge in [-0.05, 0) is 24.6 Å². The molecule has 2 aromatic rings. The van der Waals surface area contributed by atoms with Crippen LogP contribution in [0.25, 0.3) is 0 Å². The van der Waals surface area contributed by atoms with Gasteiger partial charge in [-0.15, -0.1) is 5.10 Å². The van der Waals surface area contributed by atoms with Crippen molar-refractivity contribution < 1.29 is 30.8 Å². The number of anilines is 1. The summed E-state index contributed by atoms with van der Waals surface area (Å²) in [6, 6.07) is 1.20. The van der Waals surface area contributed by atoms with E-state index in [0.717, 1.165) is 13.0 Å². The fourth-order valence-corrected chi connectivity index (χ4v) is 3.40. The molecule has 1 heterocycles. The number of rotatable bonds is 3. The van der Waals surface area contributed by atoms with Crippen LogP contribution in [0, 0.1) is 13.8 Å². The number of hydrogen-bond donors (Lipinski definition) is 1. The zero-order valence-corrected chi connectivity index (χ0v) is 16.5. The predicted octanol–water partition coefficient (Wildman–Crippen LogP) is 1.98. The predicted molar refractivity (Wildman–Crippen MR) is 82.0 cm³/mol. The largest absolute Gasteiger partial charge is 0.417 e. The standard InChI is InChI=1S/C13H12F3N3O4S.Na/c1-6-8(11(20)17-12-19-18-7(2)23-12)4-5-9(13(14,15)16)10(6)24(3,21)22;/h4-5H,1-3H3,(H,17,19,20);. The Balaban J connectivity index is 0.00000312. The number of alkyl halides is 3. The second kappa shape index (κ2) is 7.44. The third-order valence-electron chi connectivity index (χ3n) is 3.07. The molecule has 0 atom stereocenters. The second-order valence-corrected chi connectivity index (χ2v) is 6.92. The number of nitrogens with zero attached hydrogens (tertiary/aromatic N) is 2. The van der Waals surface area contributed by atoms with E-state index in [1.807, 2.05) is 0 Å². The van der Waals surface area contributed by atoms with Crippen molar-refractivity contribution in [1.82, 2.24) is 10.2 Å². The van der Waals surface area contributed by atoms with Gasteiger partial charge in [0.25, 0.3) is 5.91 Å². The van der Waals surface area contributed by atoms with E-state index in [1.54, 1.807) is 0 Å². The molecule has 0 aliphatic rings. The van der Waals surface area contributed by atoms with E-state index in [1.165, 1.54) is 6.92 Å². The molecule has 0 spiro atoms. The van der Waals surface area contributed by atoms with Crippen LogP contribution < -0.4 is 5.32 Å². The first-order valence-electron chi connectivity index (χ1n) is 6.43. The van der Waals surface area contributed by atoms with Crippen LogP contribution in [-0.4, -0.2) is 60.3 Å². The van der Waals surface area contributed by atoms with E-state index in [2.05, 4.69) is 15.5 Å². The molecule has 2 rings (SSSR count). The summed E-state index contributed by atoms with van der Waals surface area (Å²) in [4.78, 5) is 11.2. The number of carbonyl (C=O) groups excluding carboxylic acids is 1. The van der Waals surface area contributed by atoms with Crippen LogP contribution in [0.4, 0.5) is 19.2 Å². The number of nitrogens with one attached hydrogen (secondary N) is 1. The molecule has 131 valence electrons. The minimum absolute atomic E-state index is 0. The maximum absolute atomic E-state index is 13.0. The molecule has 0 saturated carbocycles. The summed E-state index contributed by atoms with van der Waals surface area (Å²) < 4.78 is 67.6. The zero-order valence-electron chi connectivity index (χ0n) is 13.7. The van der Waals surface area contributed by atoms with Crippen LogP contribution in [0.2, 0.25) is 0 Å². The smallest absolute Gasteiger partial charge is 0.408 e. The Kier molecular flexibility index (Phi) is 6.43. The molecule has 0 aliphatic heterocycles. The van der Waals surface area contributed by atoms with Gasteiger partial charge in [-0.2, -0.15) is 13.2 Å². The summed E-state index contributed by atoms with van der Waals surface area (Å²) in [5.74, 6) is -0.693. The van der Waals surface area contributed by atoms with Gasteiger partial charge in [0, 0.05) is 48.3 Å². The van der Waals surface area contributed by atoms with E-state index in [4.69, 9.17) is 4.42 Å². The molecule has 0 bridgehead atoms. The minimum Gasteiger partial charge on any atom is -0.408 e.